The molecule has 1 saturated heterocycles. The third-order valence-corrected chi connectivity index (χ3v) is 3.83. The second kappa shape index (κ2) is 7.62. The molecule has 2 unspecified atom stereocenters. The van der Waals surface area contributed by atoms with Crippen LogP contribution in [0, 0.1) is 6.92 Å². The Morgan fingerprint density at radius 1 is 1.40 bits per heavy atom. The quantitative estimate of drug-likeness (QED) is 0.928. The molecule has 1 aromatic rings. The molecule has 112 valence electrons. The number of carbonyl (C=O) groups excluding carboxylic acids is 1. The molecule has 2 N–H and O–H groups in total. The standard InChI is InChI=1S/C15H22N2O2.ClH/c1-11-3-5-12(6-4-11)15(18)17-8-7-14(19-2)9-13(17)10-16;/h3-6,13-14H,7-10,16H2,1-2H3;1H. The minimum absolute atomic E-state index is 0. The Hall–Kier alpha value is -1.10. The first-order valence-corrected chi connectivity index (χ1v) is 6.76. The molecule has 2 rings (SSSR count). The molecule has 0 bridgehead atoms. The van der Waals surface area contributed by atoms with Crippen molar-refractivity contribution in [1.82, 2.24) is 4.90 Å². The summed E-state index contributed by atoms with van der Waals surface area (Å²) in [6.07, 6.45) is 1.92. The first-order valence-electron chi connectivity index (χ1n) is 6.76. The van der Waals surface area contributed by atoms with Crippen LogP contribution < -0.4 is 5.73 Å². The summed E-state index contributed by atoms with van der Waals surface area (Å²) in [5, 5.41) is 0. The van der Waals surface area contributed by atoms with Crippen LogP contribution >= 0.6 is 12.4 Å². The summed E-state index contributed by atoms with van der Waals surface area (Å²) in [5.74, 6) is 0.0741. The number of methoxy groups -OCH3 is 1. The lowest BCUT2D eigenvalue weighted by atomic mass is 9.98. The number of benzene rings is 1. The molecule has 1 fully saturated rings. The van der Waals surface area contributed by atoms with Gasteiger partial charge in [-0.1, -0.05) is 17.7 Å². The van der Waals surface area contributed by atoms with E-state index in [1.54, 1.807) is 7.11 Å². The minimum atomic E-state index is 0. The van der Waals surface area contributed by atoms with Crippen molar-refractivity contribution < 1.29 is 9.53 Å². The van der Waals surface area contributed by atoms with E-state index in [2.05, 4.69) is 0 Å². The molecule has 4 nitrogen and oxygen atoms in total. The molecule has 1 aliphatic heterocycles. The zero-order chi connectivity index (χ0) is 13.8. The van der Waals surface area contributed by atoms with Gasteiger partial charge in [0.2, 0.25) is 0 Å². The van der Waals surface area contributed by atoms with Gasteiger partial charge in [-0.2, -0.15) is 0 Å². The highest BCUT2D eigenvalue weighted by Crippen LogP contribution is 2.21. The highest BCUT2D eigenvalue weighted by atomic mass is 35.5. The lowest BCUT2D eigenvalue weighted by Crippen LogP contribution is -2.51. The van der Waals surface area contributed by atoms with Gasteiger partial charge in [-0.3, -0.25) is 4.79 Å². The number of aryl methyl sites for hydroxylation is 1. The van der Waals surface area contributed by atoms with E-state index in [0.717, 1.165) is 24.0 Å². The van der Waals surface area contributed by atoms with Gasteiger partial charge in [-0.05, 0) is 31.9 Å². The third kappa shape index (κ3) is 3.72. The largest absolute Gasteiger partial charge is 0.381 e. The topological polar surface area (TPSA) is 55.6 Å². The fourth-order valence-corrected chi connectivity index (χ4v) is 2.58. The summed E-state index contributed by atoms with van der Waals surface area (Å²) in [7, 11) is 1.72. The number of hydrogen-bond donors (Lipinski definition) is 1. The minimum Gasteiger partial charge on any atom is -0.381 e. The van der Waals surface area contributed by atoms with Crippen molar-refractivity contribution in [1.29, 1.82) is 0 Å². The van der Waals surface area contributed by atoms with Gasteiger partial charge in [-0.15, -0.1) is 12.4 Å². The number of ether oxygens (including phenoxy) is 1. The van der Waals surface area contributed by atoms with Gasteiger partial charge in [0.25, 0.3) is 5.91 Å². The van der Waals surface area contributed by atoms with Crippen LogP contribution in [-0.4, -0.2) is 43.2 Å². The van der Waals surface area contributed by atoms with Crippen LogP contribution in [0.2, 0.25) is 0 Å². The van der Waals surface area contributed by atoms with Gasteiger partial charge in [0, 0.05) is 31.8 Å². The van der Waals surface area contributed by atoms with E-state index < -0.39 is 0 Å². The van der Waals surface area contributed by atoms with E-state index in [4.69, 9.17) is 10.5 Å². The van der Waals surface area contributed by atoms with Crippen LogP contribution in [0.3, 0.4) is 0 Å². The Morgan fingerprint density at radius 3 is 2.60 bits per heavy atom. The Morgan fingerprint density at radius 2 is 2.05 bits per heavy atom. The number of carbonyl (C=O) groups is 1. The van der Waals surface area contributed by atoms with Gasteiger partial charge in [0.1, 0.15) is 0 Å². The number of rotatable bonds is 3. The van der Waals surface area contributed by atoms with E-state index in [0.29, 0.717) is 13.1 Å². The van der Waals surface area contributed by atoms with Crippen LogP contribution in [0.15, 0.2) is 24.3 Å². The number of piperidine rings is 1. The number of amides is 1. The Labute approximate surface area is 126 Å². The lowest BCUT2D eigenvalue weighted by Gasteiger charge is -2.38. The zero-order valence-electron chi connectivity index (χ0n) is 12.0. The fraction of sp³-hybridized carbons (Fsp3) is 0.533. The second-order valence-corrected chi connectivity index (χ2v) is 5.14. The predicted octanol–water partition coefficient (Wildman–Crippen LogP) is 2.00. The van der Waals surface area contributed by atoms with E-state index in [9.17, 15) is 4.79 Å². The van der Waals surface area contributed by atoms with E-state index in [1.807, 2.05) is 36.1 Å². The van der Waals surface area contributed by atoms with Crippen LogP contribution in [0.25, 0.3) is 0 Å². The highest BCUT2D eigenvalue weighted by Gasteiger charge is 2.31. The first-order chi connectivity index (χ1) is 9.15. The molecule has 1 aromatic carbocycles. The van der Waals surface area contributed by atoms with Crippen molar-refractivity contribution in [3.8, 4) is 0 Å². The number of likely N-dealkylation sites (tertiary alicyclic amines) is 1. The van der Waals surface area contributed by atoms with Crippen molar-refractivity contribution in [2.75, 3.05) is 20.2 Å². The van der Waals surface area contributed by atoms with Crippen LogP contribution in [0.4, 0.5) is 0 Å². The van der Waals surface area contributed by atoms with Crippen LogP contribution in [0.5, 0.6) is 0 Å². The Kier molecular flexibility index (Phi) is 6.46. The molecule has 0 aliphatic carbocycles. The van der Waals surface area contributed by atoms with Crippen molar-refractivity contribution in [3.05, 3.63) is 35.4 Å². The van der Waals surface area contributed by atoms with Crippen molar-refractivity contribution in [2.45, 2.75) is 31.9 Å². The first kappa shape index (κ1) is 17.0. The summed E-state index contributed by atoms with van der Waals surface area (Å²) >= 11 is 0. The monoisotopic (exact) mass is 298 g/mol. The van der Waals surface area contributed by atoms with Crippen molar-refractivity contribution in [3.63, 3.8) is 0 Å². The Bertz CT molecular complexity index is 436. The van der Waals surface area contributed by atoms with E-state index in [-0.39, 0.29) is 30.5 Å². The molecule has 0 radical (unpaired) electrons. The average Bonchev–Trinajstić information content (AvgIpc) is 2.46. The molecule has 5 heteroatoms. The molecule has 0 saturated carbocycles. The smallest absolute Gasteiger partial charge is 0.254 e. The molecule has 1 amide bonds. The molecule has 1 heterocycles. The third-order valence-electron chi connectivity index (χ3n) is 3.83. The molecule has 20 heavy (non-hydrogen) atoms. The summed E-state index contributed by atoms with van der Waals surface area (Å²) in [6, 6.07) is 7.77. The van der Waals surface area contributed by atoms with Gasteiger partial charge in [-0.25, -0.2) is 0 Å². The number of halogens is 1. The average molecular weight is 299 g/mol. The summed E-state index contributed by atoms with van der Waals surface area (Å²) < 4.78 is 5.38. The van der Waals surface area contributed by atoms with Crippen molar-refractivity contribution >= 4 is 18.3 Å². The molecule has 1 aliphatic rings. The zero-order valence-corrected chi connectivity index (χ0v) is 12.9. The molecule has 2 atom stereocenters. The van der Waals surface area contributed by atoms with Gasteiger partial charge in [0.05, 0.1) is 6.10 Å². The van der Waals surface area contributed by atoms with E-state index in [1.165, 1.54) is 0 Å². The molecule has 0 spiro atoms. The van der Waals surface area contributed by atoms with E-state index >= 15 is 0 Å². The number of hydrogen-bond acceptors (Lipinski definition) is 3. The van der Waals surface area contributed by atoms with Gasteiger partial charge in [0.15, 0.2) is 0 Å². The van der Waals surface area contributed by atoms with Gasteiger partial charge < -0.3 is 15.4 Å². The number of nitrogens with zero attached hydrogens (tertiary/aromatic N) is 1. The van der Waals surface area contributed by atoms with Crippen LogP contribution in [-0.2, 0) is 4.74 Å². The summed E-state index contributed by atoms with van der Waals surface area (Å²) in [6.45, 7) is 3.21. The molecular formula is C15H23ClN2O2. The summed E-state index contributed by atoms with van der Waals surface area (Å²) in [4.78, 5) is 14.4. The fourth-order valence-electron chi connectivity index (χ4n) is 2.58. The van der Waals surface area contributed by atoms with Crippen molar-refractivity contribution in [2.24, 2.45) is 5.73 Å². The van der Waals surface area contributed by atoms with Crippen LogP contribution in [0.1, 0.15) is 28.8 Å². The maximum absolute atomic E-state index is 12.5. The molecule has 0 aromatic heterocycles. The van der Waals surface area contributed by atoms with Gasteiger partial charge >= 0.3 is 0 Å². The summed E-state index contributed by atoms with van der Waals surface area (Å²) in [5.41, 5.74) is 7.69. The molecular weight excluding hydrogens is 276 g/mol. The SMILES string of the molecule is COC1CCN(C(=O)c2ccc(C)cc2)C(CN)C1.Cl. The number of nitrogens with two attached hydrogens (primary N) is 1. The maximum atomic E-state index is 12.5. The second-order valence-electron chi connectivity index (χ2n) is 5.14. The maximum Gasteiger partial charge on any atom is 0.254 e. The lowest BCUT2D eigenvalue weighted by molar-refractivity contribution is 0.0139. The Balaban J connectivity index is 0.00000200. The predicted molar refractivity (Wildman–Crippen MR) is 82.3 cm³/mol. The highest BCUT2D eigenvalue weighted by molar-refractivity contribution is 5.94. The normalized spacial score (nSPS) is 22.2.